The van der Waals surface area contributed by atoms with Crippen LogP contribution in [0.5, 0.6) is 0 Å². The van der Waals surface area contributed by atoms with E-state index in [2.05, 4.69) is 34.9 Å². The Morgan fingerprint density at radius 2 is 1.43 bits per heavy atom. The Morgan fingerprint density at radius 3 is 2.10 bits per heavy atom. The monoisotopic (exact) mass is 399 g/mol. The summed E-state index contributed by atoms with van der Waals surface area (Å²) in [5, 5.41) is 5.86. The van der Waals surface area contributed by atoms with Crippen LogP contribution in [0.2, 0.25) is 0 Å². The molecule has 1 aliphatic heterocycles. The van der Waals surface area contributed by atoms with Crippen molar-refractivity contribution in [3.63, 3.8) is 0 Å². The summed E-state index contributed by atoms with van der Waals surface area (Å²) in [6.45, 7) is 1.86. The molecule has 0 radical (unpaired) electrons. The van der Waals surface area contributed by atoms with Crippen molar-refractivity contribution >= 4 is 17.6 Å². The lowest BCUT2D eigenvalue weighted by Crippen LogP contribution is -2.30. The van der Waals surface area contributed by atoms with Crippen molar-refractivity contribution in [3.05, 3.63) is 101 Å². The second-order valence-electron chi connectivity index (χ2n) is 7.48. The third-order valence-corrected chi connectivity index (χ3v) is 5.30. The first kappa shape index (κ1) is 19.7. The summed E-state index contributed by atoms with van der Waals surface area (Å²) in [5.41, 5.74) is 4.91. The summed E-state index contributed by atoms with van der Waals surface area (Å²) in [7, 11) is 0. The molecule has 30 heavy (non-hydrogen) atoms. The molecule has 1 aliphatic rings. The van der Waals surface area contributed by atoms with Gasteiger partial charge in [-0.25, -0.2) is 4.79 Å². The normalized spacial score (nSPS) is 12.3. The van der Waals surface area contributed by atoms with Crippen LogP contribution >= 0.6 is 0 Å². The molecule has 0 fully saturated rings. The van der Waals surface area contributed by atoms with E-state index in [0.717, 1.165) is 12.8 Å². The molecule has 0 spiro atoms. The van der Waals surface area contributed by atoms with Crippen molar-refractivity contribution < 1.29 is 9.59 Å². The van der Waals surface area contributed by atoms with Gasteiger partial charge in [-0.1, -0.05) is 54.6 Å². The average Bonchev–Trinajstić information content (AvgIpc) is 3.22. The minimum absolute atomic E-state index is 0.101. The Morgan fingerprint density at radius 1 is 0.800 bits per heavy atom. The number of nitrogens with one attached hydrogen (secondary N) is 2. The summed E-state index contributed by atoms with van der Waals surface area (Å²) in [4.78, 5) is 26.6. The van der Waals surface area contributed by atoms with E-state index in [1.807, 2.05) is 30.3 Å². The minimum Gasteiger partial charge on any atom is -0.352 e. The SMILES string of the molecule is O=C(NCCCc1ccccc1)c1ccc(NC(=O)N2Cc3ccccc3C2)cc1. The number of hydrogen-bond acceptors (Lipinski definition) is 2. The third kappa shape index (κ3) is 4.87. The maximum atomic E-state index is 12.5. The number of benzene rings is 3. The Bertz CT molecular complexity index is 991. The van der Waals surface area contributed by atoms with Crippen LogP contribution in [0.3, 0.4) is 0 Å². The molecule has 1 heterocycles. The first-order valence-electron chi connectivity index (χ1n) is 10.2. The van der Waals surface area contributed by atoms with Gasteiger partial charge in [-0.3, -0.25) is 4.79 Å². The van der Waals surface area contributed by atoms with E-state index in [9.17, 15) is 9.59 Å². The van der Waals surface area contributed by atoms with Crippen LogP contribution in [0.15, 0.2) is 78.9 Å². The molecule has 3 aromatic rings. The quantitative estimate of drug-likeness (QED) is 0.595. The van der Waals surface area contributed by atoms with Gasteiger partial charge in [-0.05, 0) is 53.8 Å². The van der Waals surface area contributed by atoms with E-state index in [4.69, 9.17) is 0 Å². The summed E-state index contributed by atoms with van der Waals surface area (Å²) in [6.07, 6.45) is 1.83. The molecule has 0 saturated carbocycles. The van der Waals surface area contributed by atoms with Crippen molar-refractivity contribution in [2.75, 3.05) is 11.9 Å². The fourth-order valence-corrected chi connectivity index (χ4v) is 3.63. The van der Waals surface area contributed by atoms with E-state index in [1.165, 1.54) is 16.7 Å². The fourth-order valence-electron chi connectivity index (χ4n) is 3.63. The first-order chi connectivity index (χ1) is 14.7. The number of urea groups is 1. The standard InChI is InChI=1S/C25H25N3O2/c29-24(26-16-6-9-19-7-2-1-3-8-19)20-12-14-23(15-13-20)27-25(30)28-17-21-10-4-5-11-22(21)18-28/h1-5,7-8,10-15H,6,9,16-18H2,(H,26,29)(H,27,30). The van der Waals surface area contributed by atoms with E-state index in [1.54, 1.807) is 29.2 Å². The molecule has 4 rings (SSSR count). The topological polar surface area (TPSA) is 61.4 Å². The summed E-state index contributed by atoms with van der Waals surface area (Å²) in [5.74, 6) is -0.101. The molecule has 3 aromatic carbocycles. The minimum atomic E-state index is -0.135. The van der Waals surface area contributed by atoms with Crippen molar-refractivity contribution in [2.24, 2.45) is 0 Å². The molecule has 0 saturated heterocycles. The maximum absolute atomic E-state index is 12.5. The van der Waals surface area contributed by atoms with Crippen LogP contribution in [-0.2, 0) is 19.5 Å². The first-order valence-corrected chi connectivity index (χ1v) is 10.2. The lowest BCUT2D eigenvalue weighted by Gasteiger charge is -2.16. The molecule has 0 aromatic heterocycles. The van der Waals surface area contributed by atoms with Gasteiger partial charge in [-0.2, -0.15) is 0 Å². The highest BCUT2D eigenvalue weighted by atomic mass is 16.2. The van der Waals surface area contributed by atoms with Crippen molar-refractivity contribution in [1.82, 2.24) is 10.2 Å². The van der Waals surface area contributed by atoms with Gasteiger partial charge in [0.2, 0.25) is 0 Å². The van der Waals surface area contributed by atoms with Crippen molar-refractivity contribution in [2.45, 2.75) is 25.9 Å². The highest BCUT2D eigenvalue weighted by Gasteiger charge is 2.22. The highest BCUT2D eigenvalue weighted by Crippen LogP contribution is 2.23. The second kappa shape index (κ2) is 9.27. The average molecular weight is 399 g/mol. The lowest BCUT2D eigenvalue weighted by atomic mass is 10.1. The number of fused-ring (bicyclic) bond motifs is 1. The molecule has 152 valence electrons. The van der Waals surface area contributed by atoms with E-state index in [0.29, 0.717) is 30.9 Å². The Hall–Kier alpha value is -3.60. The van der Waals surface area contributed by atoms with Gasteiger partial charge in [0, 0.05) is 30.9 Å². The van der Waals surface area contributed by atoms with Crippen molar-refractivity contribution in [1.29, 1.82) is 0 Å². The second-order valence-corrected chi connectivity index (χ2v) is 7.48. The summed E-state index contributed by atoms with van der Waals surface area (Å²) in [6, 6.07) is 25.2. The number of rotatable bonds is 6. The molecule has 0 unspecified atom stereocenters. The molecule has 0 aliphatic carbocycles. The molecule has 0 atom stereocenters. The number of amides is 3. The molecule has 3 amide bonds. The number of carbonyl (C=O) groups excluding carboxylic acids is 2. The summed E-state index contributed by atoms with van der Waals surface area (Å²) < 4.78 is 0. The van der Waals surface area contributed by atoms with Crippen LogP contribution in [-0.4, -0.2) is 23.4 Å². The van der Waals surface area contributed by atoms with E-state index < -0.39 is 0 Å². The molecular formula is C25H25N3O2. The zero-order chi connectivity index (χ0) is 20.8. The van der Waals surface area contributed by atoms with E-state index in [-0.39, 0.29) is 11.9 Å². The van der Waals surface area contributed by atoms with Gasteiger partial charge < -0.3 is 15.5 Å². The number of nitrogens with zero attached hydrogens (tertiary/aromatic N) is 1. The zero-order valence-electron chi connectivity index (χ0n) is 16.8. The predicted molar refractivity (Wildman–Crippen MR) is 118 cm³/mol. The van der Waals surface area contributed by atoms with Crippen LogP contribution in [0, 0.1) is 0 Å². The maximum Gasteiger partial charge on any atom is 0.322 e. The molecule has 5 heteroatoms. The van der Waals surface area contributed by atoms with Crippen molar-refractivity contribution in [3.8, 4) is 0 Å². The lowest BCUT2D eigenvalue weighted by molar-refractivity contribution is 0.0953. The predicted octanol–water partition coefficient (Wildman–Crippen LogP) is 4.60. The smallest absolute Gasteiger partial charge is 0.322 e. The van der Waals surface area contributed by atoms with Crippen LogP contribution in [0.1, 0.15) is 33.5 Å². The van der Waals surface area contributed by atoms with Gasteiger partial charge >= 0.3 is 6.03 Å². The zero-order valence-corrected chi connectivity index (χ0v) is 16.8. The van der Waals surface area contributed by atoms with Gasteiger partial charge in [0.15, 0.2) is 0 Å². The third-order valence-electron chi connectivity index (χ3n) is 5.30. The Labute approximate surface area is 176 Å². The van der Waals surface area contributed by atoms with Crippen LogP contribution in [0.25, 0.3) is 0 Å². The number of aryl methyl sites for hydroxylation is 1. The highest BCUT2D eigenvalue weighted by molar-refractivity contribution is 5.95. The molecular weight excluding hydrogens is 374 g/mol. The molecule has 5 nitrogen and oxygen atoms in total. The Balaban J connectivity index is 1.23. The fraction of sp³-hybridized carbons (Fsp3) is 0.200. The van der Waals surface area contributed by atoms with E-state index >= 15 is 0 Å². The molecule has 2 N–H and O–H groups in total. The number of anilines is 1. The van der Waals surface area contributed by atoms with Gasteiger partial charge in [0.1, 0.15) is 0 Å². The van der Waals surface area contributed by atoms with Gasteiger partial charge in [0.25, 0.3) is 5.91 Å². The largest absolute Gasteiger partial charge is 0.352 e. The number of carbonyl (C=O) groups is 2. The van der Waals surface area contributed by atoms with Gasteiger partial charge in [-0.15, -0.1) is 0 Å². The Kier molecular flexibility index (Phi) is 6.09. The van der Waals surface area contributed by atoms with Crippen LogP contribution in [0.4, 0.5) is 10.5 Å². The number of hydrogen-bond donors (Lipinski definition) is 2. The van der Waals surface area contributed by atoms with Crippen LogP contribution < -0.4 is 10.6 Å². The molecule has 0 bridgehead atoms. The summed E-state index contributed by atoms with van der Waals surface area (Å²) >= 11 is 0. The van der Waals surface area contributed by atoms with Gasteiger partial charge in [0.05, 0.1) is 0 Å².